The lowest BCUT2D eigenvalue weighted by Crippen LogP contribution is -2.15. The second kappa shape index (κ2) is 4.92. The normalized spacial score (nSPS) is 8.08. The maximum Gasteiger partial charge on any atom is 0.421 e. The van der Waals surface area contributed by atoms with Crippen LogP contribution in [0, 0.1) is 0 Å². The molecule has 6 heteroatoms. The number of esters is 2. The zero-order valence-corrected chi connectivity index (χ0v) is 6.31. The third-order valence-corrected chi connectivity index (χ3v) is 0.771. The second-order valence-electron chi connectivity index (χ2n) is 1.92. The molecular formula is C6H6N2O4. The monoisotopic (exact) mass is 170 g/mol. The Bertz CT molecular complexity index is 265. The third kappa shape index (κ3) is 5.01. The molecule has 0 heterocycles. The van der Waals surface area contributed by atoms with Gasteiger partial charge >= 0.3 is 18.2 Å². The standard InChI is InChI=1S/C6H6N2O4/c1-4(9)2-5(10)12-6(11)3-8-7/h3H,2H2,1H3. The highest BCUT2D eigenvalue weighted by Gasteiger charge is 2.12. The molecule has 0 aromatic rings. The number of Topliss-reactive ketones (excluding diaryl/α,β-unsaturated/α-hetero) is 1. The minimum Gasteiger partial charge on any atom is -0.384 e. The molecule has 0 fully saturated rings. The summed E-state index contributed by atoms with van der Waals surface area (Å²) in [5.74, 6) is -2.48. The Morgan fingerprint density at radius 3 is 2.50 bits per heavy atom. The predicted octanol–water partition coefficient (Wildman–Crippen LogP) is -0.664. The van der Waals surface area contributed by atoms with Gasteiger partial charge in [0.25, 0.3) is 0 Å². The molecule has 0 spiro atoms. The number of hydrogen-bond donors (Lipinski definition) is 0. The Kier molecular flexibility index (Phi) is 4.18. The maximum atomic E-state index is 10.5. The average Bonchev–Trinajstić information content (AvgIpc) is 1.84. The van der Waals surface area contributed by atoms with E-state index in [0.29, 0.717) is 6.21 Å². The number of carbonyl (C=O) groups is 3. The van der Waals surface area contributed by atoms with Gasteiger partial charge in [-0.25, -0.2) is 4.79 Å². The maximum absolute atomic E-state index is 10.5. The minimum atomic E-state index is -1.11. The molecule has 0 saturated heterocycles. The van der Waals surface area contributed by atoms with E-state index >= 15 is 0 Å². The lowest BCUT2D eigenvalue weighted by Gasteiger charge is -1.92. The van der Waals surface area contributed by atoms with Crippen LogP contribution in [0.5, 0.6) is 0 Å². The van der Waals surface area contributed by atoms with Crippen LogP contribution in [0.4, 0.5) is 0 Å². The summed E-state index contributed by atoms with van der Waals surface area (Å²) in [5, 5.41) is 0. The summed E-state index contributed by atoms with van der Waals surface area (Å²) in [7, 11) is 0. The van der Waals surface area contributed by atoms with Crippen LogP contribution in [0.2, 0.25) is 0 Å². The van der Waals surface area contributed by atoms with E-state index in [-0.39, 0.29) is 0 Å². The molecule has 6 nitrogen and oxygen atoms in total. The molecule has 12 heavy (non-hydrogen) atoms. The van der Waals surface area contributed by atoms with Crippen molar-refractivity contribution >= 4 is 23.9 Å². The average molecular weight is 170 g/mol. The summed E-state index contributed by atoms with van der Waals surface area (Å²) in [6.07, 6.45) is -0.0525. The van der Waals surface area contributed by atoms with Gasteiger partial charge in [-0.1, -0.05) is 0 Å². The van der Waals surface area contributed by atoms with E-state index in [1.54, 1.807) is 0 Å². The summed E-state index contributed by atoms with van der Waals surface area (Å²) in [6.45, 7) is 1.19. The Balaban J connectivity index is 3.93. The van der Waals surface area contributed by atoms with Crippen molar-refractivity contribution in [2.24, 2.45) is 0 Å². The molecule has 0 aliphatic rings. The van der Waals surface area contributed by atoms with Gasteiger partial charge in [0.05, 0.1) is 0 Å². The topological polar surface area (TPSA) is 96.8 Å². The van der Waals surface area contributed by atoms with E-state index in [0.717, 1.165) is 0 Å². The molecule has 0 saturated carbocycles. The zero-order chi connectivity index (χ0) is 9.56. The van der Waals surface area contributed by atoms with E-state index in [2.05, 4.69) is 9.53 Å². The van der Waals surface area contributed by atoms with Crippen molar-refractivity contribution in [3.05, 3.63) is 5.53 Å². The van der Waals surface area contributed by atoms with Crippen LogP contribution in [0.3, 0.4) is 0 Å². The largest absolute Gasteiger partial charge is 0.421 e. The van der Waals surface area contributed by atoms with Crippen LogP contribution in [-0.4, -0.2) is 28.7 Å². The van der Waals surface area contributed by atoms with Crippen molar-refractivity contribution in [3.63, 3.8) is 0 Å². The Hall–Kier alpha value is -1.81. The van der Waals surface area contributed by atoms with Crippen molar-refractivity contribution in [1.29, 1.82) is 0 Å². The van der Waals surface area contributed by atoms with Gasteiger partial charge in [-0.3, -0.25) is 9.59 Å². The Morgan fingerprint density at radius 1 is 1.50 bits per heavy atom. The first kappa shape index (κ1) is 10.2. The van der Waals surface area contributed by atoms with Crippen LogP contribution in [0.15, 0.2) is 0 Å². The fraction of sp³-hybridized carbons (Fsp3) is 0.333. The number of nitrogens with zero attached hydrogens (tertiary/aromatic N) is 2. The lowest BCUT2D eigenvalue weighted by molar-refractivity contribution is -0.157. The highest BCUT2D eigenvalue weighted by atomic mass is 16.6. The molecule has 0 aliphatic heterocycles. The first-order valence-corrected chi connectivity index (χ1v) is 2.97. The molecule has 0 amide bonds. The van der Waals surface area contributed by atoms with Gasteiger partial charge in [0, 0.05) is 0 Å². The highest BCUT2D eigenvalue weighted by molar-refractivity contribution is 6.23. The molecule has 0 N–H and O–H groups in total. The van der Waals surface area contributed by atoms with Crippen LogP contribution >= 0.6 is 0 Å². The predicted molar refractivity (Wildman–Crippen MR) is 36.1 cm³/mol. The van der Waals surface area contributed by atoms with E-state index in [1.807, 2.05) is 0 Å². The molecular weight excluding hydrogens is 164 g/mol. The zero-order valence-electron chi connectivity index (χ0n) is 6.31. The van der Waals surface area contributed by atoms with Crippen molar-refractivity contribution in [2.45, 2.75) is 13.3 Å². The van der Waals surface area contributed by atoms with Gasteiger partial charge in [0.15, 0.2) is 0 Å². The molecule has 0 aromatic carbocycles. The van der Waals surface area contributed by atoms with Gasteiger partial charge in [0.1, 0.15) is 12.2 Å². The summed E-state index contributed by atoms with van der Waals surface area (Å²) >= 11 is 0. The highest BCUT2D eigenvalue weighted by Crippen LogP contribution is 1.87. The van der Waals surface area contributed by atoms with Crippen molar-refractivity contribution in [2.75, 3.05) is 0 Å². The van der Waals surface area contributed by atoms with Crippen LogP contribution < -0.4 is 0 Å². The number of ketones is 1. The molecule has 0 radical (unpaired) electrons. The van der Waals surface area contributed by atoms with Gasteiger partial charge in [-0.2, -0.15) is 4.79 Å². The number of hydrogen-bond acceptors (Lipinski definition) is 4. The molecule has 0 unspecified atom stereocenters. The first-order chi connectivity index (χ1) is 5.56. The molecule has 0 aliphatic carbocycles. The first-order valence-electron chi connectivity index (χ1n) is 2.97. The molecule has 0 atom stereocenters. The van der Waals surface area contributed by atoms with Crippen molar-refractivity contribution in [3.8, 4) is 0 Å². The van der Waals surface area contributed by atoms with Crippen molar-refractivity contribution < 1.29 is 23.9 Å². The summed E-state index contributed by atoms with van der Waals surface area (Å²) in [6, 6.07) is 0. The lowest BCUT2D eigenvalue weighted by atomic mass is 10.3. The smallest absolute Gasteiger partial charge is 0.384 e. The van der Waals surface area contributed by atoms with Gasteiger partial charge < -0.3 is 10.3 Å². The van der Waals surface area contributed by atoms with Crippen LogP contribution in [0.25, 0.3) is 5.53 Å². The SMILES string of the molecule is CC(=O)CC(=O)OC(=O)C=[N+]=[N-]. The van der Waals surface area contributed by atoms with E-state index in [4.69, 9.17) is 5.53 Å². The van der Waals surface area contributed by atoms with Gasteiger partial charge in [-0.05, 0) is 6.92 Å². The number of ether oxygens (including phenoxy) is 1. The molecule has 64 valence electrons. The Morgan fingerprint density at radius 2 is 2.08 bits per heavy atom. The fourth-order valence-corrected chi connectivity index (χ4v) is 0.425. The summed E-state index contributed by atoms with van der Waals surface area (Å²) in [5.41, 5.74) is 7.82. The molecule has 0 aromatic heterocycles. The van der Waals surface area contributed by atoms with E-state index in [9.17, 15) is 14.4 Å². The molecule has 0 rings (SSSR count). The quantitative estimate of drug-likeness (QED) is 0.184. The third-order valence-electron chi connectivity index (χ3n) is 0.771. The van der Waals surface area contributed by atoms with Crippen LogP contribution in [0.1, 0.15) is 13.3 Å². The summed E-state index contributed by atoms with van der Waals surface area (Å²) in [4.78, 5) is 33.5. The molecule has 0 bridgehead atoms. The van der Waals surface area contributed by atoms with Gasteiger partial charge in [0.2, 0.25) is 0 Å². The Labute approximate surface area is 67.7 Å². The number of rotatable bonds is 3. The van der Waals surface area contributed by atoms with Crippen molar-refractivity contribution in [1.82, 2.24) is 0 Å². The van der Waals surface area contributed by atoms with Gasteiger partial charge in [-0.15, -0.1) is 0 Å². The number of carbonyl (C=O) groups excluding carboxylic acids is 3. The summed E-state index contributed by atoms with van der Waals surface area (Å²) < 4.78 is 3.99. The van der Waals surface area contributed by atoms with E-state index < -0.39 is 24.1 Å². The minimum absolute atomic E-state index is 0.409. The van der Waals surface area contributed by atoms with Crippen LogP contribution in [-0.2, 0) is 19.1 Å². The fourth-order valence-electron chi connectivity index (χ4n) is 0.425. The second-order valence-corrected chi connectivity index (χ2v) is 1.92. The van der Waals surface area contributed by atoms with E-state index in [1.165, 1.54) is 6.92 Å².